The molecule has 0 aliphatic carbocycles. The molecule has 1 aromatic rings. The molecule has 0 spiro atoms. The first-order valence-corrected chi connectivity index (χ1v) is 7.00. The summed E-state index contributed by atoms with van der Waals surface area (Å²) in [5.74, 6) is 0.839. The maximum Gasteiger partial charge on any atom is 0.255 e. The van der Waals surface area contributed by atoms with Gasteiger partial charge in [-0.05, 0) is 25.5 Å². The number of hydrogen-bond donors (Lipinski definition) is 2. The number of aromatic hydroxyl groups is 1. The third-order valence-corrected chi connectivity index (χ3v) is 4.28. The van der Waals surface area contributed by atoms with Crippen molar-refractivity contribution in [1.29, 1.82) is 0 Å². The van der Waals surface area contributed by atoms with Gasteiger partial charge >= 0.3 is 0 Å². The lowest BCUT2D eigenvalue weighted by atomic mass is 10.1. The minimum absolute atomic E-state index is 0.0211. The van der Waals surface area contributed by atoms with Gasteiger partial charge in [-0.25, -0.2) is 0 Å². The van der Waals surface area contributed by atoms with Crippen LogP contribution in [0.3, 0.4) is 0 Å². The summed E-state index contributed by atoms with van der Waals surface area (Å²) in [4.78, 5) is 11.9. The molecule has 2 N–H and O–H groups in total. The van der Waals surface area contributed by atoms with Crippen LogP contribution in [0.1, 0.15) is 22.3 Å². The maximum atomic E-state index is 11.9. The van der Waals surface area contributed by atoms with Gasteiger partial charge in [0.15, 0.2) is 0 Å². The summed E-state index contributed by atoms with van der Waals surface area (Å²) in [6.07, 6.45) is 0.741. The number of amides is 1. The van der Waals surface area contributed by atoms with Gasteiger partial charge in [0.25, 0.3) is 5.91 Å². The van der Waals surface area contributed by atoms with E-state index in [1.165, 1.54) is 6.07 Å². The molecule has 0 saturated carbocycles. The molecule has 2 atom stereocenters. The van der Waals surface area contributed by atoms with Crippen molar-refractivity contribution in [3.63, 3.8) is 0 Å². The molecule has 1 aliphatic heterocycles. The number of aryl methyl sites for hydroxylation is 1. The molecule has 17 heavy (non-hydrogen) atoms. The highest BCUT2D eigenvalue weighted by molar-refractivity contribution is 7.85. The first-order chi connectivity index (χ1) is 8.06. The van der Waals surface area contributed by atoms with Crippen molar-refractivity contribution >= 4 is 16.7 Å². The minimum atomic E-state index is -0.813. The second kappa shape index (κ2) is 4.87. The highest BCUT2D eigenvalue weighted by atomic mass is 32.2. The van der Waals surface area contributed by atoms with Crippen molar-refractivity contribution in [1.82, 2.24) is 5.32 Å². The van der Waals surface area contributed by atoms with Crippen LogP contribution in [0.5, 0.6) is 5.75 Å². The molecular weight excluding hydrogens is 238 g/mol. The van der Waals surface area contributed by atoms with E-state index in [2.05, 4.69) is 5.32 Å². The van der Waals surface area contributed by atoms with Gasteiger partial charge in [-0.1, -0.05) is 11.6 Å². The summed E-state index contributed by atoms with van der Waals surface area (Å²) in [7, 11) is -0.813. The number of phenols is 1. The third kappa shape index (κ3) is 2.85. The number of phenolic OH excluding ortho intramolecular Hbond substituents is 1. The van der Waals surface area contributed by atoms with E-state index < -0.39 is 10.8 Å². The molecule has 4 nitrogen and oxygen atoms in total. The number of rotatable bonds is 2. The van der Waals surface area contributed by atoms with Gasteiger partial charge in [0.1, 0.15) is 5.75 Å². The van der Waals surface area contributed by atoms with Crippen LogP contribution in [0.25, 0.3) is 0 Å². The second-order valence-electron chi connectivity index (χ2n) is 4.29. The number of benzene rings is 1. The van der Waals surface area contributed by atoms with Gasteiger partial charge in [0, 0.05) is 28.3 Å². The number of carbonyl (C=O) groups excluding carboxylic acids is 1. The molecule has 1 fully saturated rings. The molecule has 1 saturated heterocycles. The lowest BCUT2D eigenvalue weighted by Crippen LogP contribution is -2.35. The fourth-order valence-corrected chi connectivity index (χ4v) is 3.29. The Labute approximate surface area is 102 Å². The molecule has 5 heteroatoms. The lowest BCUT2D eigenvalue weighted by molar-refractivity contribution is 0.0938. The summed E-state index contributed by atoms with van der Waals surface area (Å²) in [5, 5.41) is 12.4. The standard InChI is InChI=1S/C12H15NO3S/c1-8-2-3-11(14)10(6-8)12(15)13-9-4-5-17(16)7-9/h2-3,6,9,14H,4-5,7H2,1H3,(H,13,15)/t9-,17+/m0/s1. The Kier molecular flexibility index (Phi) is 3.47. The second-order valence-corrected chi connectivity index (χ2v) is 5.91. The molecule has 0 bridgehead atoms. The first kappa shape index (κ1) is 12.1. The van der Waals surface area contributed by atoms with E-state index in [1.54, 1.807) is 12.1 Å². The molecule has 1 aromatic carbocycles. The highest BCUT2D eigenvalue weighted by Gasteiger charge is 2.23. The SMILES string of the molecule is Cc1ccc(O)c(C(=O)N[C@H]2CC[S@@](=O)C2)c1. The summed E-state index contributed by atoms with van der Waals surface area (Å²) in [6, 6.07) is 4.87. The average Bonchev–Trinajstić information content (AvgIpc) is 2.67. The molecule has 0 unspecified atom stereocenters. The minimum Gasteiger partial charge on any atom is -0.507 e. The molecule has 0 aromatic heterocycles. The molecule has 0 radical (unpaired) electrons. The Morgan fingerprint density at radius 1 is 1.53 bits per heavy atom. The van der Waals surface area contributed by atoms with Crippen molar-refractivity contribution in [2.24, 2.45) is 0 Å². The number of nitrogens with one attached hydrogen (secondary N) is 1. The Hall–Kier alpha value is -1.36. The van der Waals surface area contributed by atoms with Crippen LogP contribution < -0.4 is 5.32 Å². The van der Waals surface area contributed by atoms with Crippen molar-refractivity contribution < 1.29 is 14.1 Å². The van der Waals surface area contributed by atoms with Gasteiger partial charge in [0.2, 0.25) is 0 Å². The molecular formula is C12H15NO3S. The predicted molar refractivity (Wildman–Crippen MR) is 66.6 cm³/mol. The van der Waals surface area contributed by atoms with Gasteiger partial charge in [-0.15, -0.1) is 0 Å². The van der Waals surface area contributed by atoms with Gasteiger partial charge in [-0.3, -0.25) is 9.00 Å². The Morgan fingerprint density at radius 3 is 2.94 bits per heavy atom. The Bertz CT molecular complexity index is 473. The molecule has 2 rings (SSSR count). The molecule has 1 heterocycles. The summed E-state index contributed by atoms with van der Waals surface area (Å²) >= 11 is 0. The van der Waals surface area contributed by atoms with E-state index >= 15 is 0 Å². The lowest BCUT2D eigenvalue weighted by Gasteiger charge is -2.12. The number of hydrogen-bond acceptors (Lipinski definition) is 3. The largest absolute Gasteiger partial charge is 0.507 e. The Balaban J connectivity index is 2.09. The monoisotopic (exact) mass is 253 g/mol. The zero-order valence-corrected chi connectivity index (χ0v) is 10.4. The smallest absolute Gasteiger partial charge is 0.255 e. The van der Waals surface area contributed by atoms with E-state index in [9.17, 15) is 14.1 Å². The van der Waals surface area contributed by atoms with Crippen LogP contribution in [-0.2, 0) is 10.8 Å². The van der Waals surface area contributed by atoms with Crippen LogP contribution in [0, 0.1) is 6.92 Å². The maximum absolute atomic E-state index is 11.9. The summed E-state index contributed by atoms with van der Waals surface area (Å²) in [6.45, 7) is 1.86. The number of carbonyl (C=O) groups is 1. The van der Waals surface area contributed by atoms with E-state index in [1.807, 2.05) is 6.92 Å². The van der Waals surface area contributed by atoms with E-state index in [0.29, 0.717) is 11.5 Å². The van der Waals surface area contributed by atoms with Crippen LogP contribution in [-0.4, -0.2) is 32.8 Å². The fourth-order valence-electron chi connectivity index (χ4n) is 1.87. The zero-order chi connectivity index (χ0) is 12.4. The van der Waals surface area contributed by atoms with Gasteiger partial charge in [0.05, 0.1) is 5.56 Å². The average molecular weight is 253 g/mol. The quantitative estimate of drug-likeness (QED) is 0.824. The third-order valence-electron chi connectivity index (χ3n) is 2.81. The first-order valence-electron chi connectivity index (χ1n) is 5.51. The van der Waals surface area contributed by atoms with Crippen LogP contribution in [0.15, 0.2) is 18.2 Å². The van der Waals surface area contributed by atoms with Crippen molar-refractivity contribution in [3.8, 4) is 5.75 Å². The summed E-state index contributed by atoms with van der Waals surface area (Å²) in [5.41, 5.74) is 1.20. The summed E-state index contributed by atoms with van der Waals surface area (Å²) < 4.78 is 11.2. The topological polar surface area (TPSA) is 66.4 Å². The van der Waals surface area contributed by atoms with E-state index in [4.69, 9.17) is 0 Å². The molecule has 92 valence electrons. The fraction of sp³-hybridized carbons (Fsp3) is 0.417. The molecule has 1 aliphatic rings. The normalized spacial score (nSPS) is 23.6. The predicted octanol–water partition coefficient (Wildman–Crippen LogP) is 0.951. The highest BCUT2D eigenvalue weighted by Crippen LogP contribution is 2.18. The van der Waals surface area contributed by atoms with Crippen LogP contribution in [0.2, 0.25) is 0 Å². The van der Waals surface area contributed by atoms with Crippen LogP contribution in [0.4, 0.5) is 0 Å². The molecule has 1 amide bonds. The van der Waals surface area contributed by atoms with Crippen molar-refractivity contribution in [2.75, 3.05) is 11.5 Å². The van der Waals surface area contributed by atoms with Crippen LogP contribution >= 0.6 is 0 Å². The van der Waals surface area contributed by atoms with E-state index in [-0.39, 0.29) is 23.3 Å². The zero-order valence-electron chi connectivity index (χ0n) is 9.60. The van der Waals surface area contributed by atoms with Gasteiger partial charge < -0.3 is 10.4 Å². The van der Waals surface area contributed by atoms with Gasteiger partial charge in [-0.2, -0.15) is 0 Å². The van der Waals surface area contributed by atoms with Crippen molar-refractivity contribution in [3.05, 3.63) is 29.3 Å². The van der Waals surface area contributed by atoms with E-state index in [0.717, 1.165) is 12.0 Å². The van der Waals surface area contributed by atoms with Crippen molar-refractivity contribution in [2.45, 2.75) is 19.4 Å². The Morgan fingerprint density at radius 2 is 2.29 bits per heavy atom.